The van der Waals surface area contributed by atoms with Gasteiger partial charge in [0, 0.05) is 12.1 Å². The van der Waals surface area contributed by atoms with E-state index in [1.54, 1.807) is 12.1 Å². The van der Waals surface area contributed by atoms with Crippen molar-refractivity contribution in [2.75, 3.05) is 7.11 Å². The predicted octanol–water partition coefficient (Wildman–Crippen LogP) is 2.73. The Balaban J connectivity index is 2.01. The molecule has 0 spiro atoms. The molecule has 0 aliphatic carbocycles. The molecule has 3 rings (SSSR count). The van der Waals surface area contributed by atoms with Crippen LogP contribution in [-0.4, -0.2) is 37.3 Å². The van der Waals surface area contributed by atoms with E-state index in [0.717, 1.165) is 11.1 Å². The van der Waals surface area contributed by atoms with Gasteiger partial charge in [0.25, 0.3) is 0 Å². The first-order chi connectivity index (χ1) is 13.1. The van der Waals surface area contributed by atoms with Gasteiger partial charge in [-0.2, -0.15) is 4.31 Å². The van der Waals surface area contributed by atoms with Crippen LogP contribution in [0.25, 0.3) is 0 Å². The van der Waals surface area contributed by atoms with Crippen LogP contribution >= 0.6 is 0 Å². The molecule has 1 amide bonds. The van der Waals surface area contributed by atoms with Crippen molar-refractivity contribution in [2.45, 2.75) is 50.2 Å². The van der Waals surface area contributed by atoms with Crippen molar-refractivity contribution < 1.29 is 17.9 Å². The van der Waals surface area contributed by atoms with Crippen molar-refractivity contribution in [1.82, 2.24) is 9.62 Å². The average molecular weight is 403 g/mol. The van der Waals surface area contributed by atoms with Crippen molar-refractivity contribution in [3.05, 3.63) is 59.7 Å². The maximum Gasteiger partial charge on any atom is 0.244 e. The van der Waals surface area contributed by atoms with E-state index in [-0.39, 0.29) is 17.3 Å². The number of benzene rings is 2. The van der Waals surface area contributed by atoms with Crippen molar-refractivity contribution in [1.29, 1.82) is 0 Å². The summed E-state index contributed by atoms with van der Waals surface area (Å²) >= 11 is 0. The zero-order valence-corrected chi connectivity index (χ0v) is 17.4. The Bertz CT molecular complexity index is 963. The lowest BCUT2D eigenvalue weighted by Gasteiger charge is -2.36. The first-order valence-corrected chi connectivity index (χ1v) is 10.6. The smallest absolute Gasteiger partial charge is 0.244 e. The first kappa shape index (κ1) is 20.4. The third-order valence-corrected chi connectivity index (χ3v) is 6.54. The lowest BCUT2D eigenvalue weighted by molar-refractivity contribution is -0.126. The molecule has 6 nitrogen and oxygen atoms in total. The summed E-state index contributed by atoms with van der Waals surface area (Å²) in [6.07, 6.45) is 0.341. The molecule has 2 aromatic rings. The highest BCUT2D eigenvalue weighted by Crippen LogP contribution is 2.30. The zero-order valence-electron chi connectivity index (χ0n) is 16.6. The number of hydrogen-bond acceptors (Lipinski definition) is 4. The van der Waals surface area contributed by atoms with Crippen LogP contribution in [0.1, 0.15) is 31.9 Å². The lowest BCUT2D eigenvalue weighted by atomic mass is 9.95. The van der Waals surface area contributed by atoms with Crippen LogP contribution < -0.4 is 10.1 Å². The fraction of sp³-hybridized carbons (Fsp3) is 0.381. The maximum absolute atomic E-state index is 13.4. The van der Waals surface area contributed by atoms with Crippen molar-refractivity contribution in [3.8, 4) is 5.75 Å². The normalized spacial score (nSPS) is 17.6. The molecule has 0 radical (unpaired) electrons. The minimum Gasteiger partial charge on any atom is -0.497 e. The second-order valence-corrected chi connectivity index (χ2v) is 9.84. The molecular weight excluding hydrogens is 376 g/mol. The Labute approximate surface area is 166 Å². The highest BCUT2D eigenvalue weighted by Gasteiger charge is 2.40. The van der Waals surface area contributed by atoms with Gasteiger partial charge in [-0.3, -0.25) is 4.79 Å². The minimum absolute atomic E-state index is 0.140. The Hall–Kier alpha value is -2.38. The third kappa shape index (κ3) is 4.20. The van der Waals surface area contributed by atoms with Gasteiger partial charge in [-0.05, 0) is 62.6 Å². The molecule has 0 saturated carbocycles. The van der Waals surface area contributed by atoms with E-state index in [2.05, 4.69) is 5.32 Å². The number of nitrogens with zero attached hydrogens (tertiary/aromatic N) is 1. The number of methoxy groups -OCH3 is 1. The number of carbonyl (C=O) groups is 1. The summed E-state index contributed by atoms with van der Waals surface area (Å²) < 4.78 is 33.2. The molecule has 1 aliphatic rings. The van der Waals surface area contributed by atoms with Gasteiger partial charge < -0.3 is 10.1 Å². The molecule has 7 heteroatoms. The molecule has 0 fully saturated rings. The summed E-state index contributed by atoms with van der Waals surface area (Å²) in [5, 5.41) is 2.93. The zero-order chi connectivity index (χ0) is 20.5. The summed E-state index contributed by atoms with van der Waals surface area (Å²) in [6, 6.07) is 13.1. The lowest BCUT2D eigenvalue weighted by Crippen LogP contribution is -2.55. The van der Waals surface area contributed by atoms with E-state index < -0.39 is 21.6 Å². The molecule has 0 saturated heterocycles. The highest BCUT2D eigenvalue weighted by molar-refractivity contribution is 7.89. The average Bonchev–Trinajstić information content (AvgIpc) is 2.65. The quantitative estimate of drug-likeness (QED) is 0.853. The van der Waals surface area contributed by atoms with Crippen LogP contribution in [0.15, 0.2) is 53.4 Å². The minimum atomic E-state index is -3.86. The maximum atomic E-state index is 13.4. The fourth-order valence-electron chi connectivity index (χ4n) is 3.31. The van der Waals surface area contributed by atoms with Crippen molar-refractivity contribution in [3.63, 3.8) is 0 Å². The van der Waals surface area contributed by atoms with Gasteiger partial charge in [0.1, 0.15) is 11.8 Å². The number of nitrogens with one attached hydrogen (secondary N) is 1. The van der Waals surface area contributed by atoms with Crippen LogP contribution in [0.5, 0.6) is 5.75 Å². The summed E-state index contributed by atoms with van der Waals surface area (Å²) in [7, 11) is -2.34. The van der Waals surface area contributed by atoms with Crippen LogP contribution in [0.3, 0.4) is 0 Å². The van der Waals surface area contributed by atoms with E-state index in [0.29, 0.717) is 12.2 Å². The van der Waals surface area contributed by atoms with Gasteiger partial charge in [0.05, 0.1) is 12.0 Å². The second kappa shape index (κ2) is 7.56. The SMILES string of the molecule is COc1ccc(S(=O)(=O)N2Cc3ccccc3C[C@@H]2C(=O)NC(C)(C)C)cc1. The van der Waals surface area contributed by atoms with Gasteiger partial charge in [-0.1, -0.05) is 24.3 Å². The Morgan fingerprint density at radius 2 is 1.68 bits per heavy atom. The van der Waals surface area contributed by atoms with Crippen LogP contribution in [-0.2, 0) is 27.8 Å². The standard InChI is InChI=1S/C21H26N2O4S/c1-21(2,3)22-20(24)19-13-15-7-5-6-8-16(15)14-23(19)28(25,26)18-11-9-17(27-4)10-12-18/h5-12,19H,13-14H2,1-4H3,(H,22,24)/t19-/m1/s1. The first-order valence-electron chi connectivity index (χ1n) is 9.16. The molecule has 0 aromatic heterocycles. The van der Waals surface area contributed by atoms with Gasteiger partial charge in [-0.25, -0.2) is 8.42 Å². The van der Waals surface area contributed by atoms with Gasteiger partial charge in [0.15, 0.2) is 0 Å². The molecule has 2 aromatic carbocycles. The third-order valence-electron chi connectivity index (χ3n) is 4.67. The summed E-state index contributed by atoms with van der Waals surface area (Å²) in [6.45, 7) is 5.80. The van der Waals surface area contributed by atoms with Crippen LogP contribution in [0.4, 0.5) is 0 Å². The van der Waals surface area contributed by atoms with E-state index in [4.69, 9.17) is 4.74 Å². The number of carbonyl (C=O) groups excluding carboxylic acids is 1. The van der Waals surface area contributed by atoms with Crippen LogP contribution in [0.2, 0.25) is 0 Å². The molecule has 0 unspecified atom stereocenters. The van der Waals surface area contributed by atoms with E-state index in [9.17, 15) is 13.2 Å². The molecule has 0 bridgehead atoms. The summed E-state index contributed by atoms with van der Waals surface area (Å²) in [4.78, 5) is 13.1. The Morgan fingerprint density at radius 1 is 1.07 bits per heavy atom. The predicted molar refractivity (Wildman–Crippen MR) is 108 cm³/mol. The number of amides is 1. The second-order valence-electron chi connectivity index (χ2n) is 7.95. The van der Waals surface area contributed by atoms with Crippen molar-refractivity contribution >= 4 is 15.9 Å². The molecule has 1 aliphatic heterocycles. The Morgan fingerprint density at radius 3 is 2.25 bits per heavy atom. The number of ether oxygens (including phenoxy) is 1. The van der Waals surface area contributed by atoms with E-state index in [1.807, 2.05) is 45.0 Å². The largest absolute Gasteiger partial charge is 0.497 e. The Kier molecular flexibility index (Phi) is 5.50. The number of hydrogen-bond donors (Lipinski definition) is 1. The molecular formula is C21H26N2O4S. The fourth-order valence-corrected chi connectivity index (χ4v) is 4.88. The monoisotopic (exact) mass is 402 g/mol. The number of rotatable bonds is 4. The number of fused-ring (bicyclic) bond motifs is 1. The van der Waals surface area contributed by atoms with E-state index >= 15 is 0 Å². The van der Waals surface area contributed by atoms with Gasteiger partial charge in [0.2, 0.25) is 15.9 Å². The van der Waals surface area contributed by atoms with Gasteiger partial charge in [-0.15, -0.1) is 0 Å². The molecule has 150 valence electrons. The summed E-state index contributed by atoms with van der Waals surface area (Å²) in [5.74, 6) is 0.282. The van der Waals surface area contributed by atoms with Crippen molar-refractivity contribution in [2.24, 2.45) is 0 Å². The molecule has 1 heterocycles. The molecule has 1 N–H and O–H groups in total. The van der Waals surface area contributed by atoms with Crippen LogP contribution in [0, 0.1) is 0 Å². The van der Waals surface area contributed by atoms with E-state index in [1.165, 1.54) is 23.5 Å². The summed E-state index contributed by atoms with van der Waals surface area (Å²) in [5.41, 5.74) is 1.46. The molecule has 1 atom stereocenters. The highest BCUT2D eigenvalue weighted by atomic mass is 32.2. The topological polar surface area (TPSA) is 75.7 Å². The number of sulfonamides is 1. The van der Waals surface area contributed by atoms with Gasteiger partial charge >= 0.3 is 0 Å². The molecule has 28 heavy (non-hydrogen) atoms.